The molecule has 31 heavy (non-hydrogen) atoms. The van der Waals surface area contributed by atoms with Crippen molar-refractivity contribution in [2.24, 2.45) is 11.7 Å². The second kappa shape index (κ2) is 9.83. The van der Waals surface area contributed by atoms with E-state index in [4.69, 9.17) is 5.73 Å². The van der Waals surface area contributed by atoms with Crippen molar-refractivity contribution in [3.63, 3.8) is 0 Å². The molecule has 0 aliphatic heterocycles. The minimum atomic E-state index is -0.358. The Hall–Kier alpha value is -3.06. The largest absolute Gasteiger partial charge is 0.354 e. The molecular weight excluding hydrogens is 393 g/mol. The van der Waals surface area contributed by atoms with E-state index in [-0.39, 0.29) is 17.4 Å². The van der Waals surface area contributed by atoms with E-state index in [0.29, 0.717) is 35.2 Å². The fourth-order valence-corrected chi connectivity index (χ4v) is 4.32. The van der Waals surface area contributed by atoms with Gasteiger partial charge in [0.1, 0.15) is 5.82 Å². The topological polar surface area (TPSA) is 96.7 Å². The van der Waals surface area contributed by atoms with Crippen LogP contribution in [-0.4, -0.2) is 27.5 Å². The summed E-state index contributed by atoms with van der Waals surface area (Å²) in [5.74, 6) is 0.705. The van der Waals surface area contributed by atoms with Gasteiger partial charge in [0.05, 0.1) is 11.3 Å². The minimum absolute atomic E-state index is 0.00504. The molecular formula is C24H28FN5O. The predicted molar refractivity (Wildman–Crippen MR) is 121 cm³/mol. The molecule has 0 amide bonds. The van der Waals surface area contributed by atoms with Gasteiger partial charge in [-0.05, 0) is 42.2 Å². The van der Waals surface area contributed by atoms with Crippen LogP contribution in [0.4, 0.5) is 10.3 Å². The number of aromatic amines is 1. The first-order chi connectivity index (χ1) is 15.1. The summed E-state index contributed by atoms with van der Waals surface area (Å²) in [4.78, 5) is 24.5. The molecule has 4 rings (SSSR count). The van der Waals surface area contributed by atoms with Gasteiger partial charge in [-0.15, -0.1) is 0 Å². The lowest BCUT2D eigenvalue weighted by Crippen LogP contribution is -2.33. The van der Waals surface area contributed by atoms with Crippen LogP contribution in [0.15, 0.2) is 53.6 Å². The molecule has 2 aromatic heterocycles. The van der Waals surface area contributed by atoms with Crippen molar-refractivity contribution in [2.45, 2.75) is 44.6 Å². The first kappa shape index (κ1) is 21.2. The standard InChI is InChI=1S/C24H28FN5O/c25-19-8-6-17(7-9-19)21-22(18-10-12-27-13-11-18)29-24(30-23(21)31)28-15-20(26)14-16-4-2-1-3-5-16/h6-13,16,20H,1-5,14-15,26H2,(H2,28,29,30,31). The molecule has 1 atom stereocenters. The van der Waals surface area contributed by atoms with E-state index in [0.717, 1.165) is 12.0 Å². The summed E-state index contributed by atoms with van der Waals surface area (Å²) in [7, 11) is 0. The number of aromatic nitrogens is 3. The Morgan fingerprint density at radius 3 is 2.48 bits per heavy atom. The van der Waals surface area contributed by atoms with Crippen LogP contribution in [0.5, 0.6) is 0 Å². The van der Waals surface area contributed by atoms with E-state index in [9.17, 15) is 9.18 Å². The van der Waals surface area contributed by atoms with Gasteiger partial charge < -0.3 is 11.1 Å². The van der Waals surface area contributed by atoms with Crippen molar-refractivity contribution in [1.82, 2.24) is 15.0 Å². The summed E-state index contributed by atoms with van der Waals surface area (Å²) in [5, 5.41) is 3.21. The van der Waals surface area contributed by atoms with Crippen LogP contribution in [-0.2, 0) is 0 Å². The fraction of sp³-hybridized carbons (Fsp3) is 0.375. The van der Waals surface area contributed by atoms with Gasteiger partial charge in [0.2, 0.25) is 5.95 Å². The quantitative estimate of drug-likeness (QED) is 0.527. The number of benzene rings is 1. The van der Waals surface area contributed by atoms with Gasteiger partial charge in [-0.3, -0.25) is 14.8 Å². The van der Waals surface area contributed by atoms with Crippen molar-refractivity contribution in [3.8, 4) is 22.4 Å². The zero-order valence-electron chi connectivity index (χ0n) is 17.5. The van der Waals surface area contributed by atoms with Gasteiger partial charge in [-0.25, -0.2) is 9.37 Å². The van der Waals surface area contributed by atoms with Gasteiger partial charge in [0, 0.05) is 30.5 Å². The average Bonchev–Trinajstić information content (AvgIpc) is 2.79. The van der Waals surface area contributed by atoms with Gasteiger partial charge in [0.25, 0.3) is 5.56 Å². The number of rotatable bonds is 7. The highest BCUT2D eigenvalue weighted by Gasteiger charge is 2.18. The van der Waals surface area contributed by atoms with Crippen LogP contribution in [0.25, 0.3) is 22.4 Å². The Morgan fingerprint density at radius 2 is 1.77 bits per heavy atom. The molecule has 7 heteroatoms. The Balaban J connectivity index is 1.59. The van der Waals surface area contributed by atoms with Crippen molar-refractivity contribution < 1.29 is 4.39 Å². The van der Waals surface area contributed by atoms with Gasteiger partial charge >= 0.3 is 0 Å². The SMILES string of the molecule is NC(CNc1nc(-c2ccncc2)c(-c2ccc(F)cc2)c(=O)[nH]1)CC1CCCCC1. The van der Waals surface area contributed by atoms with Crippen LogP contribution in [0.1, 0.15) is 38.5 Å². The average molecular weight is 422 g/mol. The summed E-state index contributed by atoms with van der Waals surface area (Å²) in [6.07, 6.45) is 10.7. The summed E-state index contributed by atoms with van der Waals surface area (Å²) in [6.45, 7) is 0.533. The van der Waals surface area contributed by atoms with Crippen molar-refractivity contribution >= 4 is 5.95 Å². The molecule has 0 bridgehead atoms. The molecule has 3 aromatic rings. The molecule has 1 unspecified atom stereocenters. The number of hydrogen-bond acceptors (Lipinski definition) is 5. The monoisotopic (exact) mass is 421 g/mol. The highest BCUT2D eigenvalue weighted by atomic mass is 19.1. The third-order valence-electron chi connectivity index (χ3n) is 5.90. The molecule has 1 aliphatic carbocycles. The summed E-state index contributed by atoms with van der Waals surface area (Å²) in [5.41, 5.74) is 8.32. The lowest BCUT2D eigenvalue weighted by atomic mass is 9.85. The Labute approximate surface area is 181 Å². The van der Waals surface area contributed by atoms with Crippen LogP contribution in [0.3, 0.4) is 0 Å². The van der Waals surface area contributed by atoms with E-state index in [1.807, 2.05) is 0 Å². The number of hydrogen-bond donors (Lipinski definition) is 3. The summed E-state index contributed by atoms with van der Waals surface area (Å²) >= 11 is 0. The number of anilines is 1. The molecule has 0 saturated heterocycles. The third kappa shape index (κ3) is 5.35. The second-order valence-corrected chi connectivity index (χ2v) is 8.26. The molecule has 1 fully saturated rings. The molecule has 1 saturated carbocycles. The summed E-state index contributed by atoms with van der Waals surface area (Å²) in [6, 6.07) is 9.43. The first-order valence-corrected chi connectivity index (χ1v) is 10.9. The van der Waals surface area contributed by atoms with Gasteiger partial charge in [-0.2, -0.15) is 0 Å². The van der Waals surface area contributed by atoms with Crippen molar-refractivity contribution in [3.05, 3.63) is 65.0 Å². The van der Waals surface area contributed by atoms with Crippen LogP contribution in [0.2, 0.25) is 0 Å². The maximum atomic E-state index is 13.4. The number of nitrogens with two attached hydrogens (primary N) is 1. The number of nitrogens with zero attached hydrogens (tertiary/aromatic N) is 2. The van der Waals surface area contributed by atoms with Crippen molar-refractivity contribution in [2.75, 3.05) is 11.9 Å². The molecule has 1 aliphatic rings. The van der Waals surface area contributed by atoms with Crippen molar-refractivity contribution in [1.29, 1.82) is 0 Å². The molecule has 4 N–H and O–H groups in total. The predicted octanol–water partition coefficient (Wildman–Crippen LogP) is 4.35. The lowest BCUT2D eigenvalue weighted by Gasteiger charge is -2.24. The normalized spacial score (nSPS) is 15.5. The molecule has 162 valence electrons. The van der Waals surface area contributed by atoms with E-state index >= 15 is 0 Å². The Morgan fingerprint density at radius 1 is 1.06 bits per heavy atom. The Kier molecular flexibility index (Phi) is 6.72. The zero-order chi connectivity index (χ0) is 21.6. The van der Waals surface area contributed by atoms with Crippen LogP contribution >= 0.6 is 0 Å². The van der Waals surface area contributed by atoms with E-state index in [2.05, 4.69) is 20.3 Å². The maximum absolute atomic E-state index is 13.4. The highest BCUT2D eigenvalue weighted by molar-refractivity contribution is 5.80. The van der Waals surface area contributed by atoms with Gasteiger partial charge in [0.15, 0.2) is 0 Å². The highest BCUT2D eigenvalue weighted by Crippen LogP contribution is 2.29. The Bertz CT molecular complexity index is 1050. The number of nitrogens with one attached hydrogen (secondary N) is 2. The number of halogens is 1. The van der Waals surface area contributed by atoms with Crippen LogP contribution < -0.4 is 16.6 Å². The number of H-pyrrole nitrogens is 1. The zero-order valence-corrected chi connectivity index (χ0v) is 17.5. The van der Waals surface area contributed by atoms with Crippen LogP contribution in [0, 0.1) is 11.7 Å². The molecule has 6 nitrogen and oxygen atoms in total. The fourth-order valence-electron chi connectivity index (χ4n) is 4.32. The van der Waals surface area contributed by atoms with Gasteiger partial charge in [-0.1, -0.05) is 44.2 Å². The van der Waals surface area contributed by atoms with E-state index in [1.54, 1.807) is 36.7 Å². The maximum Gasteiger partial charge on any atom is 0.260 e. The minimum Gasteiger partial charge on any atom is -0.354 e. The lowest BCUT2D eigenvalue weighted by molar-refractivity contribution is 0.320. The smallest absolute Gasteiger partial charge is 0.260 e. The second-order valence-electron chi connectivity index (χ2n) is 8.26. The molecule has 1 aromatic carbocycles. The molecule has 0 radical (unpaired) electrons. The first-order valence-electron chi connectivity index (χ1n) is 10.9. The summed E-state index contributed by atoms with van der Waals surface area (Å²) < 4.78 is 13.4. The molecule has 2 heterocycles. The third-order valence-corrected chi connectivity index (χ3v) is 5.90. The van der Waals surface area contributed by atoms with E-state index < -0.39 is 0 Å². The molecule has 0 spiro atoms. The number of pyridine rings is 1. The van der Waals surface area contributed by atoms with E-state index in [1.165, 1.54) is 44.2 Å².